The maximum absolute atomic E-state index is 13.6. The molecular formula is C34H38N2O5. The lowest BCUT2D eigenvalue weighted by Gasteiger charge is -2.27. The number of hydrogen-bond donors (Lipinski definition) is 0. The Morgan fingerprint density at radius 3 is 2.24 bits per heavy atom. The second-order valence-corrected chi connectivity index (χ2v) is 10.8. The van der Waals surface area contributed by atoms with Crippen LogP contribution >= 0.6 is 0 Å². The predicted octanol–water partition coefficient (Wildman–Crippen LogP) is 7.46. The second-order valence-electron chi connectivity index (χ2n) is 10.8. The van der Waals surface area contributed by atoms with E-state index in [2.05, 4.69) is 4.98 Å². The lowest BCUT2D eigenvalue weighted by atomic mass is 9.91. The van der Waals surface area contributed by atoms with E-state index in [9.17, 15) is 9.59 Å². The lowest BCUT2D eigenvalue weighted by molar-refractivity contribution is -0.120. The van der Waals surface area contributed by atoms with Crippen molar-refractivity contribution in [1.29, 1.82) is 0 Å². The number of benzene rings is 3. The number of amides is 1. The van der Waals surface area contributed by atoms with Crippen molar-refractivity contribution in [3.05, 3.63) is 84.1 Å². The van der Waals surface area contributed by atoms with Crippen LogP contribution in [-0.2, 0) is 16.1 Å². The second kappa shape index (κ2) is 12.9. The number of carbonyl (C=O) groups is 2. The largest absolute Gasteiger partial charge is 0.486 e. The molecule has 1 amide bonds. The summed E-state index contributed by atoms with van der Waals surface area (Å²) in [6, 6.07) is 21.2. The maximum atomic E-state index is 13.6. The number of aromatic nitrogens is 1. The average Bonchev–Trinajstić information content (AvgIpc) is 2.99. The van der Waals surface area contributed by atoms with Gasteiger partial charge in [-0.1, -0.05) is 65.0 Å². The lowest BCUT2D eigenvalue weighted by Crippen LogP contribution is -2.34. The molecule has 0 saturated heterocycles. The van der Waals surface area contributed by atoms with Gasteiger partial charge in [-0.3, -0.25) is 9.69 Å². The monoisotopic (exact) mass is 554 g/mol. The summed E-state index contributed by atoms with van der Waals surface area (Å²) in [6.07, 6.45) is 2.03. The van der Waals surface area contributed by atoms with Gasteiger partial charge in [0.15, 0.2) is 11.5 Å². The average molecular weight is 555 g/mol. The van der Waals surface area contributed by atoms with Crippen molar-refractivity contribution in [3.8, 4) is 22.6 Å². The molecule has 0 unspecified atom stereocenters. The molecule has 3 aromatic carbocycles. The van der Waals surface area contributed by atoms with Gasteiger partial charge >= 0.3 is 5.97 Å². The first-order valence-electron chi connectivity index (χ1n) is 14.0. The molecule has 0 bridgehead atoms. The van der Waals surface area contributed by atoms with Crippen LogP contribution in [0.3, 0.4) is 0 Å². The molecule has 7 heteroatoms. The molecule has 5 rings (SSSR count). The molecule has 0 N–H and O–H groups in total. The van der Waals surface area contributed by atoms with Crippen LogP contribution in [0, 0.1) is 5.41 Å². The molecule has 1 aliphatic heterocycles. The van der Waals surface area contributed by atoms with Crippen molar-refractivity contribution in [2.24, 2.45) is 5.41 Å². The van der Waals surface area contributed by atoms with Gasteiger partial charge in [-0.25, -0.2) is 9.78 Å². The molecule has 2 heterocycles. The number of rotatable bonds is 6. The van der Waals surface area contributed by atoms with Crippen LogP contribution in [0.5, 0.6) is 11.5 Å². The summed E-state index contributed by atoms with van der Waals surface area (Å²) >= 11 is 0. The summed E-state index contributed by atoms with van der Waals surface area (Å²) in [5.41, 5.74) is 3.30. The highest BCUT2D eigenvalue weighted by Crippen LogP contribution is 2.35. The molecule has 1 aliphatic rings. The van der Waals surface area contributed by atoms with E-state index in [1.54, 1.807) is 23.2 Å². The summed E-state index contributed by atoms with van der Waals surface area (Å²) in [5, 5.41) is 1.60. The van der Waals surface area contributed by atoms with Gasteiger partial charge in [0.05, 0.1) is 19.2 Å². The van der Waals surface area contributed by atoms with Crippen molar-refractivity contribution in [2.45, 2.75) is 47.6 Å². The van der Waals surface area contributed by atoms with Crippen LogP contribution in [0.4, 0.5) is 5.82 Å². The van der Waals surface area contributed by atoms with Crippen molar-refractivity contribution < 1.29 is 23.8 Å². The smallest absolute Gasteiger partial charge is 0.337 e. The zero-order chi connectivity index (χ0) is 29.6. The number of pyridine rings is 1. The normalized spacial score (nSPS) is 12.2. The highest BCUT2D eigenvalue weighted by molar-refractivity contribution is 6.04. The zero-order valence-electron chi connectivity index (χ0n) is 24.7. The van der Waals surface area contributed by atoms with Crippen molar-refractivity contribution >= 4 is 28.5 Å². The number of esters is 1. The fraction of sp³-hybridized carbons (Fsp3) is 0.324. The van der Waals surface area contributed by atoms with Gasteiger partial charge < -0.3 is 14.2 Å². The Morgan fingerprint density at radius 2 is 1.56 bits per heavy atom. The molecule has 214 valence electrons. The summed E-state index contributed by atoms with van der Waals surface area (Å²) in [7, 11) is 1.36. The van der Waals surface area contributed by atoms with Gasteiger partial charge in [-0.05, 0) is 63.9 Å². The Balaban J connectivity index is 0.00000189. The molecular weight excluding hydrogens is 516 g/mol. The number of fused-ring (bicyclic) bond motifs is 2. The summed E-state index contributed by atoms with van der Waals surface area (Å²) in [5.74, 6) is 1.65. The van der Waals surface area contributed by atoms with Crippen molar-refractivity contribution in [3.63, 3.8) is 0 Å². The van der Waals surface area contributed by atoms with E-state index in [0.717, 1.165) is 39.0 Å². The van der Waals surface area contributed by atoms with Crippen molar-refractivity contribution in [2.75, 3.05) is 25.2 Å². The third-order valence-corrected chi connectivity index (χ3v) is 6.57. The van der Waals surface area contributed by atoms with Crippen LogP contribution in [0.15, 0.2) is 72.9 Å². The molecule has 0 radical (unpaired) electrons. The topological polar surface area (TPSA) is 78.0 Å². The van der Waals surface area contributed by atoms with E-state index < -0.39 is 5.97 Å². The predicted molar refractivity (Wildman–Crippen MR) is 163 cm³/mol. The van der Waals surface area contributed by atoms with Crippen LogP contribution in [0.2, 0.25) is 0 Å². The number of hydrogen-bond acceptors (Lipinski definition) is 6. The quantitative estimate of drug-likeness (QED) is 0.230. The first-order chi connectivity index (χ1) is 19.7. The molecule has 41 heavy (non-hydrogen) atoms. The van der Waals surface area contributed by atoms with E-state index in [1.165, 1.54) is 7.11 Å². The van der Waals surface area contributed by atoms with E-state index in [4.69, 9.17) is 14.2 Å². The molecule has 7 nitrogen and oxygen atoms in total. The Hall–Kier alpha value is -4.39. The van der Waals surface area contributed by atoms with E-state index in [-0.39, 0.29) is 11.3 Å². The first kappa shape index (κ1) is 29.6. The minimum Gasteiger partial charge on any atom is -0.486 e. The maximum Gasteiger partial charge on any atom is 0.337 e. The minimum absolute atomic E-state index is 0.0181. The molecule has 0 spiro atoms. The first-order valence-corrected chi connectivity index (χ1v) is 14.0. The number of anilines is 1. The van der Waals surface area contributed by atoms with Gasteiger partial charge in [0.2, 0.25) is 5.91 Å². The Labute approximate surface area is 242 Å². The number of ether oxygens (including phenoxy) is 3. The van der Waals surface area contributed by atoms with E-state index in [1.807, 2.05) is 89.2 Å². The van der Waals surface area contributed by atoms with Crippen LogP contribution in [0.1, 0.15) is 57.0 Å². The van der Waals surface area contributed by atoms with E-state index in [0.29, 0.717) is 37.6 Å². The fourth-order valence-corrected chi connectivity index (χ4v) is 4.66. The fourth-order valence-electron chi connectivity index (χ4n) is 4.66. The molecule has 4 aromatic rings. The summed E-state index contributed by atoms with van der Waals surface area (Å²) < 4.78 is 16.2. The van der Waals surface area contributed by atoms with Gasteiger partial charge in [0.1, 0.15) is 19.0 Å². The van der Waals surface area contributed by atoms with Crippen LogP contribution < -0.4 is 14.4 Å². The van der Waals surface area contributed by atoms with Gasteiger partial charge in [-0.2, -0.15) is 0 Å². The number of methoxy groups -OCH3 is 1. The Kier molecular flexibility index (Phi) is 9.28. The Bertz CT molecular complexity index is 1520. The van der Waals surface area contributed by atoms with Crippen molar-refractivity contribution in [1.82, 2.24) is 4.98 Å². The van der Waals surface area contributed by atoms with Crippen LogP contribution in [-0.4, -0.2) is 37.2 Å². The molecule has 0 atom stereocenters. The van der Waals surface area contributed by atoms with Gasteiger partial charge in [0.25, 0.3) is 0 Å². The summed E-state index contributed by atoms with van der Waals surface area (Å²) in [4.78, 5) is 32.1. The zero-order valence-corrected chi connectivity index (χ0v) is 24.7. The van der Waals surface area contributed by atoms with E-state index >= 15 is 0 Å². The molecule has 1 aromatic heterocycles. The number of carbonyl (C=O) groups excluding carboxylic acids is 2. The molecule has 0 saturated carbocycles. The third kappa shape index (κ3) is 7.04. The highest BCUT2D eigenvalue weighted by atomic mass is 16.6. The highest BCUT2D eigenvalue weighted by Gasteiger charge is 2.25. The summed E-state index contributed by atoms with van der Waals surface area (Å²) in [6.45, 7) is 11.6. The number of nitrogens with zero attached hydrogens (tertiary/aromatic N) is 2. The standard InChI is InChI=1S/C32H32N2O5.C2H6/c1-32(2,3)19-29(35)34(30-26-11-9-25(31(36)37-4)17-24(26)13-14-33-30)20-21-5-7-22(8-6-21)23-10-12-27-28(18-23)39-16-15-38-27;1-2/h5-14,17-18H,15-16,19-20H2,1-4H3;1-2H3. The third-order valence-electron chi connectivity index (χ3n) is 6.57. The SMILES string of the molecule is CC.COC(=O)c1ccc2c(N(Cc3ccc(-c4ccc5c(c4)OCCO5)cc3)C(=O)CC(C)(C)C)nccc2c1. The molecule has 0 fully saturated rings. The minimum atomic E-state index is -0.408. The molecule has 0 aliphatic carbocycles. The van der Waals surface area contributed by atoms with Gasteiger partial charge in [0, 0.05) is 18.0 Å². The van der Waals surface area contributed by atoms with Crippen LogP contribution in [0.25, 0.3) is 21.9 Å². The Morgan fingerprint density at radius 1 is 0.878 bits per heavy atom. The van der Waals surface area contributed by atoms with Gasteiger partial charge in [-0.15, -0.1) is 0 Å².